The molecule has 0 aliphatic carbocycles. The third-order valence-electron chi connectivity index (χ3n) is 1.69. The Morgan fingerprint density at radius 3 is 2.09 bits per heavy atom. The van der Waals surface area contributed by atoms with Gasteiger partial charge in [-0.25, -0.2) is 0 Å². The monoisotopic (exact) mass is 158 g/mol. The van der Waals surface area contributed by atoms with E-state index >= 15 is 0 Å². The summed E-state index contributed by atoms with van der Waals surface area (Å²) in [6.45, 7) is 7.83. The van der Waals surface area contributed by atoms with Crippen molar-refractivity contribution in [3.63, 3.8) is 0 Å². The molecule has 0 unspecified atom stereocenters. The fraction of sp³-hybridized carbons (Fsp3) is 0.750. The van der Waals surface area contributed by atoms with Gasteiger partial charge in [0.1, 0.15) is 17.2 Å². The SMILES string of the molecule is CCC(C)(C)OC(C)=C(N)N. The molecule has 0 heterocycles. The van der Waals surface area contributed by atoms with E-state index in [2.05, 4.69) is 6.92 Å². The molecule has 0 radical (unpaired) electrons. The van der Waals surface area contributed by atoms with Crippen molar-refractivity contribution in [2.45, 2.75) is 39.7 Å². The Balaban J connectivity index is 4.15. The van der Waals surface area contributed by atoms with Crippen LogP contribution in [0, 0.1) is 0 Å². The van der Waals surface area contributed by atoms with Gasteiger partial charge in [-0.3, -0.25) is 0 Å². The van der Waals surface area contributed by atoms with E-state index < -0.39 is 0 Å². The van der Waals surface area contributed by atoms with E-state index in [4.69, 9.17) is 16.2 Å². The largest absolute Gasteiger partial charge is 0.489 e. The molecular weight excluding hydrogens is 140 g/mol. The quantitative estimate of drug-likeness (QED) is 0.608. The molecule has 3 heteroatoms. The molecule has 3 nitrogen and oxygen atoms in total. The van der Waals surface area contributed by atoms with Gasteiger partial charge in [0.05, 0.1) is 0 Å². The van der Waals surface area contributed by atoms with Gasteiger partial charge in [0.2, 0.25) is 0 Å². The van der Waals surface area contributed by atoms with Crippen LogP contribution < -0.4 is 11.5 Å². The maximum absolute atomic E-state index is 5.48. The standard InChI is InChI=1S/C8H18N2O/c1-5-8(3,4)11-6(2)7(9)10/h5,9-10H2,1-4H3. The first-order chi connectivity index (χ1) is 4.89. The summed E-state index contributed by atoms with van der Waals surface area (Å²) in [5.74, 6) is 0.864. The molecule has 0 spiro atoms. The topological polar surface area (TPSA) is 61.3 Å². The van der Waals surface area contributed by atoms with Gasteiger partial charge in [0.25, 0.3) is 0 Å². The predicted octanol–water partition coefficient (Wildman–Crippen LogP) is 1.30. The summed E-state index contributed by atoms with van der Waals surface area (Å²) in [6, 6.07) is 0. The van der Waals surface area contributed by atoms with Crippen molar-refractivity contribution in [2.24, 2.45) is 11.5 Å². The van der Waals surface area contributed by atoms with Crippen molar-refractivity contribution in [1.29, 1.82) is 0 Å². The number of ether oxygens (including phenoxy) is 1. The zero-order valence-corrected chi connectivity index (χ0v) is 7.77. The molecule has 0 saturated heterocycles. The minimum absolute atomic E-state index is 0.173. The molecule has 11 heavy (non-hydrogen) atoms. The predicted molar refractivity (Wildman–Crippen MR) is 46.5 cm³/mol. The maximum atomic E-state index is 5.48. The molecule has 0 aromatic carbocycles. The molecule has 0 aromatic heterocycles. The Morgan fingerprint density at radius 2 is 1.82 bits per heavy atom. The molecule has 0 aromatic rings. The molecule has 0 bridgehead atoms. The lowest BCUT2D eigenvalue weighted by atomic mass is 10.1. The normalized spacial score (nSPS) is 10.9. The van der Waals surface area contributed by atoms with E-state index in [1.54, 1.807) is 6.92 Å². The Labute approximate surface area is 68.4 Å². The van der Waals surface area contributed by atoms with E-state index in [1.165, 1.54) is 0 Å². The number of hydrogen-bond acceptors (Lipinski definition) is 3. The molecule has 0 saturated carbocycles. The van der Waals surface area contributed by atoms with Crippen molar-refractivity contribution in [3.8, 4) is 0 Å². The first-order valence-electron chi connectivity index (χ1n) is 3.80. The van der Waals surface area contributed by atoms with Crippen LogP contribution in [0.25, 0.3) is 0 Å². The number of nitrogens with two attached hydrogens (primary N) is 2. The third-order valence-corrected chi connectivity index (χ3v) is 1.69. The minimum Gasteiger partial charge on any atom is -0.489 e. The van der Waals surface area contributed by atoms with E-state index in [9.17, 15) is 0 Å². The summed E-state index contributed by atoms with van der Waals surface area (Å²) in [6.07, 6.45) is 0.928. The van der Waals surface area contributed by atoms with Crippen LogP contribution in [-0.4, -0.2) is 5.60 Å². The van der Waals surface area contributed by atoms with E-state index in [0.29, 0.717) is 5.76 Å². The highest BCUT2D eigenvalue weighted by Gasteiger charge is 2.16. The van der Waals surface area contributed by atoms with E-state index in [-0.39, 0.29) is 11.4 Å². The second kappa shape index (κ2) is 3.51. The summed E-state index contributed by atoms with van der Waals surface area (Å²) in [7, 11) is 0. The van der Waals surface area contributed by atoms with Crippen LogP contribution >= 0.6 is 0 Å². The number of hydrogen-bond donors (Lipinski definition) is 2. The van der Waals surface area contributed by atoms with E-state index in [0.717, 1.165) is 6.42 Å². The van der Waals surface area contributed by atoms with Gasteiger partial charge in [-0.05, 0) is 27.2 Å². The summed E-state index contributed by atoms with van der Waals surface area (Å²) in [4.78, 5) is 0. The highest BCUT2D eigenvalue weighted by Crippen LogP contribution is 2.17. The summed E-state index contributed by atoms with van der Waals surface area (Å²) >= 11 is 0. The molecule has 0 rings (SSSR count). The van der Waals surface area contributed by atoms with Gasteiger partial charge >= 0.3 is 0 Å². The van der Waals surface area contributed by atoms with E-state index in [1.807, 2.05) is 13.8 Å². The van der Waals surface area contributed by atoms with Gasteiger partial charge in [-0.15, -0.1) is 0 Å². The lowest BCUT2D eigenvalue weighted by molar-refractivity contribution is 0.0306. The average molecular weight is 158 g/mol. The molecule has 0 aliphatic heterocycles. The second-order valence-electron chi connectivity index (χ2n) is 3.23. The first kappa shape index (κ1) is 10.1. The third kappa shape index (κ3) is 3.75. The van der Waals surface area contributed by atoms with Crippen molar-refractivity contribution < 1.29 is 4.74 Å². The summed E-state index contributed by atoms with van der Waals surface area (Å²) in [5.41, 5.74) is 10.5. The number of allylic oxidation sites excluding steroid dienone is 1. The Hall–Kier alpha value is -0.860. The zero-order chi connectivity index (χ0) is 9.07. The summed E-state index contributed by atoms with van der Waals surface area (Å²) in [5, 5.41) is 0. The molecular formula is C8H18N2O. The molecule has 0 fully saturated rings. The van der Waals surface area contributed by atoms with Gasteiger partial charge in [0, 0.05) is 0 Å². The van der Waals surface area contributed by atoms with Crippen LogP contribution in [-0.2, 0) is 4.74 Å². The fourth-order valence-electron chi connectivity index (χ4n) is 0.546. The summed E-state index contributed by atoms with van der Waals surface area (Å²) < 4.78 is 5.48. The minimum atomic E-state index is -0.173. The van der Waals surface area contributed by atoms with Gasteiger partial charge < -0.3 is 16.2 Å². The van der Waals surface area contributed by atoms with Gasteiger partial charge in [-0.1, -0.05) is 6.92 Å². The van der Waals surface area contributed by atoms with Crippen LogP contribution in [0.4, 0.5) is 0 Å². The highest BCUT2D eigenvalue weighted by molar-refractivity contribution is 4.97. The maximum Gasteiger partial charge on any atom is 0.133 e. The van der Waals surface area contributed by atoms with Crippen molar-refractivity contribution >= 4 is 0 Å². The molecule has 0 atom stereocenters. The zero-order valence-electron chi connectivity index (χ0n) is 7.77. The highest BCUT2D eigenvalue weighted by atomic mass is 16.5. The Bertz CT molecular complexity index is 157. The lowest BCUT2D eigenvalue weighted by Crippen LogP contribution is -2.25. The average Bonchev–Trinajstić information content (AvgIpc) is 1.87. The lowest BCUT2D eigenvalue weighted by Gasteiger charge is -2.25. The van der Waals surface area contributed by atoms with Crippen LogP contribution in [0.2, 0.25) is 0 Å². The van der Waals surface area contributed by atoms with Gasteiger partial charge in [-0.2, -0.15) is 0 Å². The molecule has 0 amide bonds. The Morgan fingerprint density at radius 1 is 1.36 bits per heavy atom. The number of rotatable bonds is 3. The molecule has 0 aliphatic rings. The van der Waals surface area contributed by atoms with Crippen molar-refractivity contribution in [1.82, 2.24) is 0 Å². The molecule has 66 valence electrons. The first-order valence-corrected chi connectivity index (χ1v) is 3.80. The van der Waals surface area contributed by atoms with Crippen LogP contribution in [0.15, 0.2) is 11.6 Å². The van der Waals surface area contributed by atoms with Crippen LogP contribution in [0.3, 0.4) is 0 Å². The van der Waals surface area contributed by atoms with Crippen LogP contribution in [0.5, 0.6) is 0 Å². The smallest absolute Gasteiger partial charge is 0.133 e. The van der Waals surface area contributed by atoms with Crippen LogP contribution in [0.1, 0.15) is 34.1 Å². The van der Waals surface area contributed by atoms with Crippen molar-refractivity contribution in [2.75, 3.05) is 0 Å². The fourth-order valence-corrected chi connectivity index (χ4v) is 0.546. The second-order valence-corrected chi connectivity index (χ2v) is 3.23. The molecule has 4 N–H and O–H groups in total. The Kier molecular flexibility index (Phi) is 3.23. The van der Waals surface area contributed by atoms with Crippen molar-refractivity contribution in [3.05, 3.63) is 11.6 Å². The van der Waals surface area contributed by atoms with Gasteiger partial charge in [0.15, 0.2) is 0 Å².